The first-order valence-corrected chi connectivity index (χ1v) is 9.73. The molecule has 8 heteroatoms. The number of rotatable bonds is 5. The van der Waals surface area contributed by atoms with Crippen molar-refractivity contribution in [1.29, 1.82) is 0 Å². The molecule has 0 saturated carbocycles. The number of hydrogen-bond acceptors (Lipinski definition) is 5. The first kappa shape index (κ1) is 18.4. The number of anilines is 2. The molecule has 0 bridgehead atoms. The molecule has 1 amide bonds. The zero-order valence-electron chi connectivity index (χ0n) is 15.4. The van der Waals surface area contributed by atoms with Gasteiger partial charge in [0.05, 0.1) is 22.8 Å². The van der Waals surface area contributed by atoms with Gasteiger partial charge in [-0.3, -0.25) is 4.79 Å². The number of carbonyl (C=O) groups is 1. The first-order chi connectivity index (χ1) is 13.7. The maximum Gasteiger partial charge on any atom is 0.228 e. The van der Waals surface area contributed by atoms with Crippen molar-refractivity contribution < 1.29 is 4.79 Å². The van der Waals surface area contributed by atoms with Crippen LogP contribution in [0.3, 0.4) is 0 Å². The lowest BCUT2D eigenvalue weighted by atomic mass is 10.1. The number of aromatic nitrogens is 4. The Kier molecular flexibility index (Phi) is 5.53. The van der Waals surface area contributed by atoms with Gasteiger partial charge >= 0.3 is 0 Å². The van der Waals surface area contributed by atoms with Crippen LogP contribution in [0.2, 0.25) is 5.02 Å². The minimum atomic E-state index is -0.0861. The number of nitrogens with zero attached hydrogens (tertiary/aromatic N) is 5. The molecule has 144 valence electrons. The van der Waals surface area contributed by atoms with Crippen molar-refractivity contribution in [2.75, 3.05) is 23.3 Å². The van der Waals surface area contributed by atoms with Gasteiger partial charge in [-0.15, -0.1) is 5.10 Å². The Balaban J connectivity index is 1.37. The highest BCUT2D eigenvalue weighted by molar-refractivity contribution is 6.33. The molecule has 4 rings (SSSR count). The minimum absolute atomic E-state index is 0.0861. The molecular weight excluding hydrogens is 376 g/mol. The SMILES string of the molecule is O=C(Cc1ccc(-n2cnnn2)cc1)Nc1ccc(N2CCCCC2)c(Cl)c1. The van der Waals surface area contributed by atoms with Gasteiger partial charge in [0.15, 0.2) is 0 Å². The van der Waals surface area contributed by atoms with Crippen LogP contribution in [-0.4, -0.2) is 39.2 Å². The molecule has 2 heterocycles. The van der Waals surface area contributed by atoms with Crippen molar-refractivity contribution in [3.05, 3.63) is 59.4 Å². The summed E-state index contributed by atoms with van der Waals surface area (Å²) < 4.78 is 1.57. The highest BCUT2D eigenvalue weighted by Crippen LogP contribution is 2.30. The molecule has 7 nitrogen and oxygen atoms in total. The van der Waals surface area contributed by atoms with Crippen molar-refractivity contribution in [2.45, 2.75) is 25.7 Å². The third-order valence-electron chi connectivity index (χ3n) is 4.84. The zero-order valence-corrected chi connectivity index (χ0v) is 16.1. The lowest BCUT2D eigenvalue weighted by Gasteiger charge is -2.29. The summed E-state index contributed by atoms with van der Waals surface area (Å²) in [5, 5.41) is 14.7. The summed E-state index contributed by atoms with van der Waals surface area (Å²) in [6, 6.07) is 13.3. The van der Waals surface area contributed by atoms with Gasteiger partial charge in [0.1, 0.15) is 6.33 Å². The van der Waals surface area contributed by atoms with Gasteiger partial charge in [0, 0.05) is 18.8 Å². The number of hydrogen-bond donors (Lipinski definition) is 1. The third-order valence-corrected chi connectivity index (χ3v) is 5.15. The Morgan fingerprint density at radius 3 is 2.54 bits per heavy atom. The van der Waals surface area contributed by atoms with E-state index >= 15 is 0 Å². The van der Waals surface area contributed by atoms with E-state index in [0.717, 1.165) is 30.0 Å². The number of carbonyl (C=O) groups excluding carboxylic acids is 1. The number of amides is 1. The lowest BCUT2D eigenvalue weighted by molar-refractivity contribution is -0.115. The second kappa shape index (κ2) is 8.39. The molecule has 0 atom stereocenters. The van der Waals surface area contributed by atoms with Gasteiger partial charge < -0.3 is 10.2 Å². The molecule has 1 aliphatic rings. The van der Waals surface area contributed by atoms with Crippen LogP contribution in [0.1, 0.15) is 24.8 Å². The Morgan fingerprint density at radius 1 is 1.07 bits per heavy atom. The summed E-state index contributed by atoms with van der Waals surface area (Å²) in [7, 11) is 0. The van der Waals surface area contributed by atoms with Gasteiger partial charge in [-0.1, -0.05) is 23.7 Å². The number of piperidine rings is 1. The Hall–Kier alpha value is -2.93. The Morgan fingerprint density at radius 2 is 1.86 bits per heavy atom. The number of benzene rings is 2. The monoisotopic (exact) mass is 396 g/mol. The summed E-state index contributed by atoms with van der Waals surface area (Å²) in [4.78, 5) is 14.7. The maximum absolute atomic E-state index is 12.4. The van der Waals surface area contributed by atoms with E-state index < -0.39 is 0 Å². The van der Waals surface area contributed by atoms with Crippen molar-refractivity contribution in [3.63, 3.8) is 0 Å². The second-order valence-corrected chi connectivity index (χ2v) is 7.27. The van der Waals surface area contributed by atoms with Crippen LogP contribution >= 0.6 is 11.6 Å². The van der Waals surface area contributed by atoms with E-state index in [1.165, 1.54) is 25.6 Å². The van der Waals surface area contributed by atoms with E-state index in [2.05, 4.69) is 25.7 Å². The van der Waals surface area contributed by atoms with E-state index in [1.807, 2.05) is 42.5 Å². The molecule has 1 aromatic heterocycles. The molecule has 0 aliphatic carbocycles. The normalized spacial score (nSPS) is 14.1. The summed E-state index contributed by atoms with van der Waals surface area (Å²) in [5.41, 5.74) is 3.50. The van der Waals surface area contributed by atoms with Crippen LogP contribution in [0.4, 0.5) is 11.4 Å². The van der Waals surface area contributed by atoms with E-state index in [1.54, 1.807) is 4.68 Å². The van der Waals surface area contributed by atoms with Crippen molar-refractivity contribution in [1.82, 2.24) is 20.2 Å². The molecule has 28 heavy (non-hydrogen) atoms. The average molecular weight is 397 g/mol. The molecule has 1 fully saturated rings. The molecule has 1 aliphatic heterocycles. The quantitative estimate of drug-likeness (QED) is 0.714. The molecule has 2 aromatic carbocycles. The zero-order chi connectivity index (χ0) is 19.3. The van der Waals surface area contributed by atoms with Crippen LogP contribution < -0.4 is 10.2 Å². The Labute approximate surface area is 168 Å². The van der Waals surface area contributed by atoms with Crippen LogP contribution in [0, 0.1) is 0 Å². The van der Waals surface area contributed by atoms with E-state index in [-0.39, 0.29) is 12.3 Å². The molecular formula is C20H21ClN6O. The highest BCUT2D eigenvalue weighted by atomic mass is 35.5. The molecule has 0 radical (unpaired) electrons. The van der Waals surface area contributed by atoms with Gasteiger partial charge in [0.25, 0.3) is 0 Å². The van der Waals surface area contributed by atoms with Crippen LogP contribution in [0.5, 0.6) is 0 Å². The molecule has 3 aromatic rings. The average Bonchev–Trinajstić information content (AvgIpc) is 3.24. The standard InChI is InChI=1S/C20H21ClN6O/c21-18-13-16(6-9-19(18)26-10-2-1-3-11-26)23-20(28)12-15-4-7-17(8-5-15)27-14-22-24-25-27/h4-9,13-14H,1-3,10-12H2,(H,23,28). The number of halogens is 1. The van der Waals surface area contributed by atoms with Crippen molar-refractivity contribution >= 4 is 28.9 Å². The summed E-state index contributed by atoms with van der Waals surface area (Å²) in [6.07, 6.45) is 5.47. The first-order valence-electron chi connectivity index (χ1n) is 9.36. The fourth-order valence-electron chi connectivity index (χ4n) is 3.41. The number of tetrazole rings is 1. The van der Waals surface area contributed by atoms with E-state index in [9.17, 15) is 4.79 Å². The third kappa shape index (κ3) is 4.31. The summed E-state index contributed by atoms with van der Waals surface area (Å²) >= 11 is 6.46. The van der Waals surface area contributed by atoms with E-state index in [0.29, 0.717) is 10.7 Å². The molecule has 1 saturated heterocycles. The second-order valence-electron chi connectivity index (χ2n) is 6.86. The van der Waals surface area contributed by atoms with Gasteiger partial charge in [-0.05, 0) is 65.6 Å². The predicted molar refractivity (Wildman–Crippen MR) is 109 cm³/mol. The predicted octanol–water partition coefficient (Wildman–Crippen LogP) is 3.49. The topological polar surface area (TPSA) is 75.9 Å². The largest absolute Gasteiger partial charge is 0.370 e. The van der Waals surface area contributed by atoms with Gasteiger partial charge in [-0.25, -0.2) is 4.68 Å². The maximum atomic E-state index is 12.4. The van der Waals surface area contributed by atoms with Gasteiger partial charge in [0.2, 0.25) is 5.91 Å². The lowest BCUT2D eigenvalue weighted by Crippen LogP contribution is -2.29. The molecule has 1 N–H and O–H groups in total. The Bertz CT molecular complexity index is 936. The number of nitrogens with one attached hydrogen (secondary N) is 1. The van der Waals surface area contributed by atoms with Crippen LogP contribution in [0.15, 0.2) is 48.8 Å². The minimum Gasteiger partial charge on any atom is -0.370 e. The van der Waals surface area contributed by atoms with Crippen LogP contribution in [-0.2, 0) is 11.2 Å². The fourth-order valence-corrected chi connectivity index (χ4v) is 3.71. The van der Waals surface area contributed by atoms with Gasteiger partial charge in [-0.2, -0.15) is 0 Å². The smallest absolute Gasteiger partial charge is 0.228 e. The fraction of sp³-hybridized carbons (Fsp3) is 0.300. The van der Waals surface area contributed by atoms with Crippen molar-refractivity contribution in [3.8, 4) is 5.69 Å². The summed E-state index contributed by atoms with van der Waals surface area (Å²) in [6.45, 7) is 2.07. The van der Waals surface area contributed by atoms with E-state index in [4.69, 9.17) is 11.6 Å². The highest BCUT2D eigenvalue weighted by Gasteiger charge is 2.14. The molecule has 0 spiro atoms. The van der Waals surface area contributed by atoms with Crippen LogP contribution in [0.25, 0.3) is 5.69 Å². The molecule has 0 unspecified atom stereocenters. The summed E-state index contributed by atoms with van der Waals surface area (Å²) in [5.74, 6) is -0.0861. The van der Waals surface area contributed by atoms with Crippen molar-refractivity contribution in [2.24, 2.45) is 0 Å².